The van der Waals surface area contributed by atoms with Crippen LogP contribution in [0.15, 0.2) is 53.0 Å². The summed E-state index contributed by atoms with van der Waals surface area (Å²) >= 11 is 3.40. The van der Waals surface area contributed by atoms with Gasteiger partial charge in [-0.15, -0.1) is 0 Å². The number of hydrogen-bond donors (Lipinski definition) is 2. The summed E-state index contributed by atoms with van der Waals surface area (Å²) in [6.07, 6.45) is 0.735. The number of rotatable bonds is 6. The average molecular weight is 390 g/mol. The first-order chi connectivity index (χ1) is 11.3. The van der Waals surface area contributed by atoms with Crippen molar-refractivity contribution < 1.29 is 14.7 Å². The van der Waals surface area contributed by atoms with Gasteiger partial charge in [0, 0.05) is 10.0 Å². The average Bonchev–Trinajstić information content (AvgIpc) is 2.49. The maximum atomic E-state index is 12.3. The minimum Gasteiger partial charge on any atom is -0.478 e. The van der Waals surface area contributed by atoms with Crippen LogP contribution in [0.3, 0.4) is 0 Å². The fourth-order valence-electron chi connectivity index (χ4n) is 2.63. The first-order valence-corrected chi connectivity index (χ1v) is 8.43. The third-order valence-electron chi connectivity index (χ3n) is 3.64. The van der Waals surface area contributed by atoms with Crippen LogP contribution in [0.4, 0.5) is 0 Å². The zero-order chi connectivity index (χ0) is 17.7. The molecule has 0 unspecified atom stereocenters. The van der Waals surface area contributed by atoms with Crippen LogP contribution in [-0.2, 0) is 17.6 Å². The van der Waals surface area contributed by atoms with E-state index >= 15 is 0 Å². The molecule has 1 amide bonds. The molecule has 0 saturated carbocycles. The lowest BCUT2D eigenvalue weighted by Gasteiger charge is -2.26. The molecule has 0 atom stereocenters. The predicted molar refractivity (Wildman–Crippen MR) is 97.2 cm³/mol. The van der Waals surface area contributed by atoms with Crippen molar-refractivity contribution in [3.05, 3.63) is 69.7 Å². The smallest absolute Gasteiger partial charge is 0.335 e. The topological polar surface area (TPSA) is 66.4 Å². The van der Waals surface area contributed by atoms with Crippen LogP contribution in [0.5, 0.6) is 0 Å². The Labute approximate surface area is 150 Å². The summed E-state index contributed by atoms with van der Waals surface area (Å²) in [5.74, 6) is -1.21. The Morgan fingerprint density at radius 2 is 1.71 bits per heavy atom. The van der Waals surface area contributed by atoms with E-state index in [-0.39, 0.29) is 17.9 Å². The number of hydrogen-bond acceptors (Lipinski definition) is 2. The fraction of sp³-hybridized carbons (Fsp3) is 0.263. The van der Waals surface area contributed by atoms with Gasteiger partial charge >= 0.3 is 5.97 Å². The van der Waals surface area contributed by atoms with Crippen LogP contribution in [-0.4, -0.2) is 22.5 Å². The molecule has 2 aromatic rings. The van der Waals surface area contributed by atoms with Gasteiger partial charge in [0.15, 0.2) is 0 Å². The number of halogens is 1. The Balaban J connectivity index is 2.03. The number of aromatic carboxylic acids is 1. The van der Waals surface area contributed by atoms with Gasteiger partial charge in [0.05, 0.1) is 12.0 Å². The monoisotopic (exact) mass is 389 g/mol. The summed E-state index contributed by atoms with van der Waals surface area (Å²) in [4.78, 5) is 23.6. The van der Waals surface area contributed by atoms with Crippen LogP contribution in [0.25, 0.3) is 0 Å². The molecule has 0 fully saturated rings. The summed E-state index contributed by atoms with van der Waals surface area (Å²) in [6.45, 7) is 3.91. The number of carboxylic acids is 1. The lowest BCUT2D eigenvalue weighted by molar-refractivity contribution is -0.122. The van der Waals surface area contributed by atoms with E-state index in [9.17, 15) is 14.7 Å². The summed E-state index contributed by atoms with van der Waals surface area (Å²) in [6, 6.07) is 14.5. The first kappa shape index (κ1) is 18.2. The van der Waals surface area contributed by atoms with Crippen molar-refractivity contribution in [2.45, 2.75) is 32.2 Å². The molecular formula is C19H20BrNO3. The Kier molecular flexibility index (Phi) is 5.78. The first-order valence-electron chi connectivity index (χ1n) is 7.63. The van der Waals surface area contributed by atoms with Crippen LogP contribution >= 0.6 is 15.9 Å². The zero-order valence-corrected chi connectivity index (χ0v) is 15.3. The van der Waals surface area contributed by atoms with Crippen LogP contribution in [0.1, 0.15) is 35.3 Å². The summed E-state index contributed by atoms with van der Waals surface area (Å²) < 4.78 is 1.01. The molecule has 0 aliphatic rings. The van der Waals surface area contributed by atoms with Crippen molar-refractivity contribution in [1.82, 2.24) is 5.32 Å². The van der Waals surface area contributed by atoms with Gasteiger partial charge in [-0.05, 0) is 49.6 Å². The van der Waals surface area contributed by atoms with Gasteiger partial charge in [-0.2, -0.15) is 0 Å². The molecule has 0 aromatic heterocycles. The minimum absolute atomic E-state index is 0.0479. The standard InChI is InChI=1S/C19H20BrNO3/c1-19(2,12-13-7-9-15(20)10-8-13)21-17(22)11-14-5-3-4-6-16(14)18(23)24/h3-10H,11-12H2,1-2H3,(H,21,22)(H,23,24). The number of nitrogens with one attached hydrogen (secondary N) is 1. The Hall–Kier alpha value is -2.14. The molecule has 0 heterocycles. The van der Waals surface area contributed by atoms with E-state index in [0.29, 0.717) is 12.0 Å². The quantitative estimate of drug-likeness (QED) is 0.788. The molecule has 0 radical (unpaired) electrons. The molecule has 0 saturated heterocycles. The number of carbonyl (C=O) groups is 2. The molecular weight excluding hydrogens is 370 g/mol. The van der Waals surface area contributed by atoms with Crippen molar-refractivity contribution >= 4 is 27.8 Å². The second kappa shape index (κ2) is 7.62. The molecule has 0 aliphatic heterocycles. The van der Waals surface area contributed by atoms with Crippen LogP contribution < -0.4 is 5.32 Å². The molecule has 2 N–H and O–H groups in total. The van der Waals surface area contributed by atoms with Crippen molar-refractivity contribution in [3.8, 4) is 0 Å². The SMILES string of the molecule is CC(C)(Cc1ccc(Br)cc1)NC(=O)Cc1ccccc1C(=O)O. The predicted octanol–water partition coefficient (Wildman–Crippen LogP) is 3.83. The summed E-state index contributed by atoms with van der Waals surface area (Å²) in [7, 11) is 0. The van der Waals surface area contributed by atoms with Gasteiger partial charge in [-0.3, -0.25) is 4.79 Å². The number of amides is 1. The van der Waals surface area contributed by atoms with Crippen molar-refractivity contribution in [2.75, 3.05) is 0 Å². The van der Waals surface area contributed by atoms with E-state index in [2.05, 4.69) is 21.2 Å². The highest BCUT2D eigenvalue weighted by Crippen LogP contribution is 2.17. The van der Waals surface area contributed by atoms with Gasteiger partial charge in [-0.25, -0.2) is 4.79 Å². The van der Waals surface area contributed by atoms with E-state index in [1.807, 2.05) is 38.1 Å². The van der Waals surface area contributed by atoms with E-state index in [1.165, 1.54) is 6.07 Å². The van der Waals surface area contributed by atoms with E-state index in [0.717, 1.165) is 10.0 Å². The number of carboxylic acid groups (broad SMARTS) is 1. The Morgan fingerprint density at radius 3 is 2.33 bits per heavy atom. The third-order valence-corrected chi connectivity index (χ3v) is 4.16. The second-order valence-corrected chi connectivity index (χ2v) is 7.29. The van der Waals surface area contributed by atoms with Gasteiger partial charge < -0.3 is 10.4 Å². The lowest BCUT2D eigenvalue weighted by Crippen LogP contribution is -2.45. The van der Waals surface area contributed by atoms with Gasteiger partial charge in [0.25, 0.3) is 0 Å². The molecule has 0 aliphatic carbocycles. The number of benzene rings is 2. The van der Waals surface area contributed by atoms with Crippen molar-refractivity contribution in [3.63, 3.8) is 0 Å². The Morgan fingerprint density at radius 1 is 1.08 bits per heavy atom. The van der Waals surface area contributed by atoms with E-state index in [4.69, 9.17) is 0 Å². The van der Waals surface area contributed by atoms with E-state index < -0.39 is 11.5 Å². The molecule has 5 heteroatoms. The largest absolute Gasteiger partial charge is 0.478 e. The maximum absolute atomic E-state index is 12.3. The normalized spacial score (nSPS) is 11.1. The summed E-state index contributed by atoms with van der Waals surface area (Å²) in [5, 5.41) is 12.2. The Bertz CT molecular complexity index is 739. The second-order valence-electron chi connectivity index (χ2n) is 6.37. The highest BCUT2D eigenvalue weighted by Gasteiger charge is 2.22. The molecule has 2 rings (SSSR count). The third kappa shape index (κ3) is 5.20. The highest BCUT2D eigenvalue weighted by atomic mass is 79.9. The van der Waals surface area contributed by atoms with Crippen molar-refractivity contribution in [1.29, 1.82) is 0 Å². The van der Waals surface area contributed by atoms with Crippen molar-refractivity contribution in [2.24, 2.45) is 0 Å². The molecule has 24 heavy (non-hydrogen) atoms. The van der Waals surface area contributed by atoms with Crippen LogP contribution in [0.2, 0.25) is 0 Å². The molecule has 2 aromatic carbocycles. The fourth-order valence-corrected chi connectivity index (χ4v) is 2.90. The number of carbonyl (C=O) groups excluding carboxylic acids is 1. The maximum Gasteiger partial charge on any atom is 0.335 e. The van der Waals surface area contributed by atoms with Gasteiger partial charge in [0.1, 0.15) is 0 Å². The van der Waals surface area contributed by atoms with Gasteiger partial charge in [0.2, 0.25) is 5.91 Å². The zero-order valence-electron chi connectivity index (χ0n) is 13.7. The molecule has 0 spiro atoms. The lowest BCUT2D eigenvalue weighted by atomic mass is 9.94. The molecule has 0 bridgehead atoms. The minimum atomic E-state index is -1.02. The highest BCUT2D eigenvalue weighted by molar-refractivity contribution is 9.10. The molecule has 4 nitrogen and oxygen atoms in total. The van der Waals surface area contributed by atoms with Gasteiger partial charge in [-0.1, -0.05) is 46.3 Å². The van der Waals surface area contributed by atoms with E-state index in [1.54, 1.807) is 18.2 Å². The van der Waals surface area contributed by atoms with Crippen LogP contribution in [0, 0.1) is 0 Å². The molecule has 126 valence electrons. The summed E-state index contributed by atoms with van der Waals surface area (Å²) in [5.41, 5.74) is 1.37.